The second-order valence-electron chi connectivity index (χ2n) is 10.4. The fraction of sp³-hybridized carbons (Fsp3) is 0.281. The largest absolute Gasteiger partial charge is 0.465 e. The molecule has 0 saturated carbocycles. The predicted octanol–water partition coefficient (Wildman–Crippen LogP) is 6.42. The number of rotatable bonds is 5. The molecule has 2 atom stereocenters. The minimum atomic E-state index is -0.622. The van der Waals surface area contributed by atoms with E-state index < -0.39 is 12.0 Å². The zero-order chi connectivity index (χ0) is 26.8. The van der Waals surface area contributed by atoms with E-state index in [0.717, 1.165) is 28.2 Å². The van der Waals surface area contributed by atoms with Gasteiger partial charge in [-0.1, -0.05) is 68.4 Å². The Balaban J connectivity index is 1.69. The van der Waals surface area contributed by atoms with Gasteiger partial charge < -0.3 is 10.1 Å². The van der Waals surface area contributed by atoms with Crippen molar-refractivity contribution in [3.8, 4) is 0 Å². The van der Waals surface area contributed by atoms with Crippen molar-refractivity contribution >= 4 is 29.0 Å². The van der Waals surface area contributed by atoms with Gasteiger partial charge in [0.25, 0.3) is 0 Å². The van der Waals surface area contributed by atoms with Gasteiger partial charge in [-0.3, -0.25) is 14.5 Å². The van der Waals surface area contributed by atoms with Crippen molar-refractivity contribution in [2.45, 2.75) is 45.1 Å². The molecule has 3 aromatic carbocycles. The maximum atomic E-state index is 14.0. The third-order valence-corrected chi connectivity index (χ3v) is 7.26. The number of benzene rings is 3. The van der Waals surface area contributed by atoms with E-state index in [-0.39, 0.29) is 23.5 Å². The van der Waals surface area contributed by atoms with Gasteiger partial charge in [-0.15, -0.1) is 0 Å². The van der Waals surface area contributed by atoms with E-state index in [2.05, 4.69) is 17.4 Å². The van der Waals surface area contributed by atoms with E-state index >= 15 is 0 Å². The van der Waals surface area contributed by atoms with Crippen LogP contribution in [-0.2, 0) is 14.3 Å². The topological polar surface area (TPSA) is 75.7 Å². The first-order valence-electron chi connectivity index (χ1n) is 13.0. The number of allylic oxidation sites excluding steroid dienone is 1. The molecule has 0 saturated heterocycles. The van der Waals surface area contributed by atoms with Crippen LogP contribution < -0.4 is 10.2 Å². The zero-order valence-electron chi connectivity index (χ0n) is 21.9. The lowest BCUT2D eigenvalue weighted by molar-refractivity contribution is -0.119. The first kappa shape index (κ1) is 25.5. The van der Waals surface area contributed by atoms with Crippen LogP contribution in [0, 0.1) is 5.92 Å². The number of ether oxygens (including phenoxy) is 1. The number of anilines is 2. The molecule has 3 aromatic rings. The summed E-state index contributed by atoms with van der Waals surface area (Å²) in [5, 5.41) is 3.56. The normalized spacial score (nSPS) is 18.8. The molecule has 1 amide bonds. The number of nitrogens with zero attached hydrogens (tertiary/aromatic N) is 1. The Kier molecular flexibility index (Phi) is 7.14. The summed E-state index contributed by atoms with van der Waals surface area (Å²) in [6, 6.07) is 24.2. The number of nitrogens with one attached hydrogen (secondary N) is 1. The van der Waals surface area contributed by atoms with Crippen LogP contribution in [0.15, 0.2) is 90.1 Å². The van der Waals surface area contributed by atoms with E-state index in [1.165, 1.54) is 7.11 Å². The summed E-state index contributed by atoms with van der Waals surface area (Å²) in [7, 11) is 1.34. The van der Waals surface area contributed by atoms with Crippen molar-refractivity contribution in [1.82, 2.24) is 0 Å². The van der Waals surface area contributed by atoms with Gasteiger partial charge >= 0.3 is 5.97 Å². The van der Waals surface area contributed by atoms with Gasteiger partial charge in [0.05, 0.1) is 30.1 Å². The molecule has 5 rings (SSSR count). The minimum Gasteiger partial charge on any atom is -0.465 e. The van der Waals surface area contributed by atoms with Crippen molar-refractivity contribution < 1.29 is 19.1 Å². The number of ketones is 1. The standard InChI is InChI=1S/C32H32N2O4/c1-20(2)17-29(36)34-27-12-8-7-11-25(27)33-26-18-24(21-9-5-4-6-10-21)19-28(35)30(26)31(34)22-13-15-23(16-14-22)32(37)38-3/h4-16,20,24,31,33H,17-19H2,1-3H3/t24-,31+/m0/s1. The molecule has 0 fully saturated rings. The Morgan fingerprint density at radius 2 is 1.61 bits per heavy atom. The van der Waals surface area contributed by atoms with Crippen LogP contribution in [0.4, 0.5) is 11.4 Å². The number of carbonyl (C=O) groups excluding carboxylic acids is 3. The van der Waals surface area contributed by atoms with Gasteiger partial charge in [0.15, 0.2) is 5.78 Å². The van der Waals surface area contributed by atoms with Crippen molar-refractivity contribution in [3.05, 3.63) is 107 Å². The molecule has 1 aliphatic carbocycles. The number of esters is 1. The maximum absolute atomic E-state index is 14.0. The van der Waals surface area contributed by atoms with E-state index in [0.29, 0.717) is 30.4 Å². The molecule has 1 aliphatic heterocycles. The van der Waals surface area contributed by atoms with E-state index in [9.17, 15) is 14.4 Å². The summed E-state index contributed by atoms with van der Waals surface area (Å²) in [6.45, 7) is 4.03. The van der Waals surface area contributed by atoms with E-state index in [1.807, 2.05) is 68.4 Å². The molecule has 194 valence electrons. The monoisotopic (exact) mass is 508 g/mol. The molecule has 1 heterocycles. The zero-order valence-corrected chi connectivity index (χ0v) is 21.9. The average molecular weight is 509 g/mol. The van der Waals surface area contributed by atoms with Crippen LogP contribution in [0.1, 0.15) is 66.6 Å². The second kappa shape index (κ2) is 10.7. The summed E-state index contributed by atoms with van der Waals surface area (Å²) in [4.78, 5) is 41.8. The van der Waals surface area contributed by atoms with Gasteiger partial charge in [-0.05, 0) is 53.6 Å². The third-order valence-electron chi connectivity index (χ3n) is 7.26. The Hall–Kier alpha value is -4.19. The summed E-state index contributed by atoms with van der Waals surface area (Å²) in [6.07, 6.45) is 1.36. The first-order chi connectivity index (χ1) is 18.4. The van der Waals surface area contributed by atoms with Crippen molar-refractivity contribution in [2.24, 2.45) is 5.92 Å². The highest BCUT2D eigenvalue weighted by atomic mass is 16.5. The fourth-order valence-corrected chi connectivity index (χ4v) is 5.51. The first-order valence-corrected chi connectivity index (χ1v) is 13.0. The summed E-state index contributed by atoms with van der Waals surface area (Å²) < 4.78 is 4.87. The molecule has 0 unspecified atom stereocenters. The van der Waals surface area contributed by atoms with Crippen LogP contribution >= 0.6 is 0 Å². The number of hydrogen-bond acceptors (Lipinski definition) is 5. The van der Waals surface area contributed by atoms with E-state index in [1.54, 1.807) is 17.0 Å². The molecule has 0 spiro atoms. The molecule has 1 N–H and O–H groups in total. The number of amides is 1. The molecular formula is C32H32N2O4. The van der Waals surface area contributed by atoms with Gasteiger partial charge in [0.1, 0.15) is 0 Å². The summed E-state index contributed by atoms with van der Waals surface area (Å²) >= 11 is 0. The smallest absolute Gasteiger partial charge is 0.337 e. The molecule has 6 heteroatoms. The summed E-state index contributed by atoms with van der Waals surface area (Å²) in [5.74, 6) is -0.280. The predicted molar refractivity (Wildman–Crippen MR) is 148 cm³/mol. The molecule has 0 radical (unpaired) electrons. The lowest BCUT2D eigenvalue weighted by atomic mass is 9.78. The number of carbonyl (C=O) groups is 3. The molecule has 6 nitrogen and oxygen atoms in total. The highest BCUT2D eigenvalue weighted by Crippen LogP contribution is 2.47. The number of Topliss-reactive ketones (excluding diaryl/α,β-unsaturated/α-hetero) is 1. The highest BCUT2D eigenvalue weighted by molar-refractivity contribution is 6.06. The van der Waals surface area contributed by atoms with Crippen LogP contribution in [0.25, 0.3) is 0 Å². The van der Waals surface area contributed by atoms with E-state index in [4.69, 9.17) is 4.74 Å². The second-order valence-corrected chi connectivity index (χ2v) is 10.4. The quantitative estimate of drug-likeness (QED) is 0.403. The van der Waals surface area contributed by atoms with Gasteiger partial charge in [-0.2, -0.15) is 0 Å². The molecular weight excluding hydrogens is 476 g/mol. The van der Waals surface area contributed by atoms with Crippen molar-refractivity contribution in [3.63, 3.8) is 0 Å². The molecule has 0 aromatic heterocycles. The lowest BCUT2D eigenvalue weighted by Gasteiger charge is -2.35. The molecule has 0 bridgehead atoms. The fourth-order valence-electron chi connectivity index (χ4n) is 5.51. The average Bonchev–Trinajstić information content (AvgIpc) is 3.07. The number of hydrogen-bond donors (Lipinski definition) is 1. The van der Waals surface area contributed by atoms with Gasteiger partial charge in [-0.25, -0.2) is 4.79 Å². The van der Waals surface area contributed by atoms with Crippen molar-refractivity contribution in [2.75, 3.05) is 17.3 Å². The third kappa shape index (κ3) is 4.86. The molecule has 38 heavy (non-hydrogen) atoms. The minimum absolute atomic E-state index is 0.0183. The SMILES string of the molecule is COC(=O)c1ccc([C@@H]2C3=C(C[C@H](c4ccccc4)CC3=O)Nc3ccccc3N2C(=O)CC(C)C)cc1. The van der Waals surface area contributed by atoms with Crippen LogP contribution in [0.5, 0.6) is 0 Å². The highest BCUT2D eigenvalue weighted by Gasteiger charge is 2.41. The molecule has 2 aliphatic rings. The Morgan fingerprint density at radius 1 is 0.921 bits per heavy atom. The van der Waals surface area contributed by atoms with Gasteiger partial charge in [0, 0.05) is 24.1 Å². The number of fused-ring (bicyclic) bond motifs is 1. The van der Waals surface area contributed by atoms with Gasteiger partial charge in [0.2, 0.25) is 5.91 Å². The maximum Gasteiger partial charge on any atom is 0.337 e. The van der Waals surface area contributed by atoms with Crippen molar-refractivity contribution in [1.29, 1.82) is 0 Å². The van der Waals surface area contributed by atoms with Crippen LogP contribution in [0.3, 0.4) is 0 Å². The summed E-state index contributed by atoms with van der Waals surface area (Å²) in [5.41, 5.74) is 5.29. The lowest BCUT2D eigenvalue weighted by Crippen LogP contribution is -2.39. The van der Waals surface area contributed by atoms with Crippen LogP contribution in [-0.4, -0.2) is 24.8 Å². The van der Waals surface area contributed by atoms with Crippen LogP contribution in [0.2, 0.25) is 0 Å². The number of para-hydroxylation sites is 2. The Morgan fingerprint density at radius 3 is 2.29 bits per heavy atom. The Bertz CT molecular complexity index is 1390. The number of methoxy groups -OCH3 is 1. The Labute approximate surface area is 223 Å².